The summed E-state index contributed by atoms with van der Waals surface area (Å²) in [5.41, 5.74) is 1.34. The predicted molar refractivity (Wildman–Crippen MR) is 106 cm³/mol. The molecule has 0 spiro atoms. The minimum Gasteiger partial charge on any atom is -0.355 e. The molecule has 0 bridgehead atoms. The highest BCUT2D eigenvalue weighted by Gasteiger charge is 2.34. The summed E-state index contributed by atoms with van der Waals surface area (Å²) in [5.74, 6) is -0.667. The molecule has 1 saturated heterocycles. The monoisotopic (exact) mass is 418 g/mol. The number of amides is 1. The SMILES string of the molecule is C=Cc1cncc(C(=O)c2cccc(N3CCCN(C(=O)CC(F)(F)F)CC3)n2)c1. The second-order valence-corrected chi connectivity index (χ2v) is 6.93. The van der Waals surface area contributed by atoms with Crippen molar-refractivity contribution < 1.29 is 22.8 Å². The maximum absolute atomic E-state index is 12.8. The Morgan fingerprint density at radius 2 is 1.93 bits per heavy atom. The summed E-state index contributed by atoms with van der Waals surface area (Å²) in [6.45, 7) is 4.94. The van der Waals surface area contributed by atoms with Gasteiger partial charge in [0.25, 0.3) is 0 Å². The smallest absolute Gasteiger partial charge is 0.355 e. The Morgan fingerprint density at radius 1 is 1.13 bits per heavy atom. The molecule has 0 N–H and O–H groups in total. The minimum absolute atomic E-state index is 0.167. The van der Waals surface area contributed by atoms with E-state index in [0.29, 0.717) is 36.5 Å². The van der Waals surface area contributed by atoms with Crippen LogP contribution in [0.5, 0.6) is 0 Å². The first-order valence-electron chi connectivity index (χ1n) is 9.45. The highest BCUT2D eigenvalue weighted by molar-refractivity contribution is 6.07. The van der Waals surface area contributed by atoms with Crippen LogP contribution in [0.2, 0.25) is 0 Å². The van der Waals surface area contributed by atoms with Crippen LogP contribution in [-0.4, -0.2) is 58.9 Å². The van der Waals surface area contributed by atoms with Crippen LogP contribution in [0.4, 0.5) is 19.0 Å². The zero-order valence-electron chi connectivity index (χ0n) is 16.2. The van der Waals surface area contributed by atoms with E-state index in [0.717, 1.165) is 0 Å². The van der Waals surface area contributed by atoms with E-state index < -0.39 is 18.5 Å². The zero-order valence-corrected chi connectivity index (χ0v) is 16.2. The molecule has 1 aliphatic rings. The summed E-state index contributed by atoms with van der Waals surface area (Å²) >= 11 is 0. The molecular weight excluding hydrogens is 397 g/mol. The molecule has 158 valence electrons. The Kier molecular flexibility index (Phi) is 6.49. The molecule has 9 heteroatoms. The fourth-order valence-electron chi connectivity index (χ4n) is 3.25. The molecular formula is C21H21F3N4O2. The average Bonchev–Trinajstić information content (AvgIpc) is 2.98. The van der Waals surface area contributed by atoms with Crippen molar-refractivity contribution in [3.63, 3.8) is 0 Å². The van der Waals surface area contributed by atoms with Gasteiger partial charge in [-0.1, -0.05) is 18.7 Å². The lowest BCUT2D eigenvalue weighted by atomic mass is 10.1. The van der Waals surface area contributed by atoms with Gasteiger partial charge in [-0.05, 0) is 30.2 Å². The van der Waals surface area contributed by atoms with Crippen molar-refractivity contribution in [3.05, 3.63) is 60.1 Å². The molecule has 0 aromatic carbocycles. The summed E-state index contributed by atoms with van der Waals surface area (Å²) in [6.07, 6.45) is -0.813. The Balaban J connectivity index is 1.72. The molecule has 1 amide bonds. The summed E-state index contributed by atoms with van der Waals surface area (Å²) in [6, 6.07) is 6.72. The molecule has 2 aromatic heterocycles. The number of aromatic nitrogens is 2. The van der Waals surface area contributed by atoms with Gasteiger partial charge in [0.15, 0.2) is 0 Å². The van der Waals surface area contributed by atoms with Gasteiger partial charge < -0.3 is 9.80 Å². The fraction of sp³-hybridized carbons (Fsp3) is 0.333. The number of rotatable bonds is 5. The number of pyridine rings is 2. The standard InChI is InChI=1S/C21H21F3N4O2/c1-2-15-11-16(14-25-13-15)20(30)17-5-3-6-18(26-17)27-7-4-8-28(10-9-27)19(29)12-21(22,23)24/h2-3,5-6,11,13-14H,1,4,7-10,12H2. The summed E-state index contributed by atoms with van der Waals surface area (Å²) in [4.78, 5) is 36.2. The third-order valence-corrected chi connectivity index (χ3v) is 4.75. The van der Waals surface area contributed by atoms with Gasteiger partial charge in [0.1, 0.15) is 17.9 Å². The first kappa shape index (κ1) is 21.5. The first-order chi connectivity index (χ1) is 14.3. The molecule has 1 fully saturated rings. The molecule has 2 aromatic rings. The number of ketones is 1. The van der Waals surface area contributed by atoms with Gasteiger partial charge >= 0.3 is 6.18 Å². The normalized spacial score (nSPS) is 14.9. The van der Waals surface area contributed by atoms with Crippen LogP contribution in [0.1, 0.15) is 34.5 Å². The summed E-state index contributed by atoms with van der Waals surface area (Å²) in [5, 5.41) is 0. The first-order valence-corrected chi connectivity index (χ1v) is 9.45. The van der Waals surface area contributed by atoms with Gasteiger partial charge in [-0.25, -0.2) is 4.98 Å². The molecule has 0 unspecified atom stereocenters. The van der Waals surface area contributed by atoms with Gasteiger partial charge in [0.2, 0.25) is 11.7 Å². The Bertz CT molecular complexity index is 946. The third-order valence-electron chi connectivity index (χ3n) is 4.75. The molecule has 0 atom stereocenters. The van der Waals surface area contributed by atoms with Gasteiger partial charge in [0, 0.05) is 44.1 Å². The van der Waals surface area contributed by atoms with Crippen molar-refractivity contribution in [3.8, 4) is 0 Å². The highest BCUT2D eigenvalue weighted by Crippen LogP contribution is 2.22. The molecule has 0 radical (unpaired) electrons. The van der Waals surface area contributed by atoms with Crippen LogP contribution in [-0.2, 0) is 4.79 Å². The zero-order chi connectivity index (χ0) is 21.7. The van der Waals surface area contributed by atoms with E-state index in [1.807, 2.05) is 4.90 Å². The fourth-order valence-corrected chi connectivity index (χ4v) is 3.25. The molecule has 3 heterocycles. The predicted octanol–water partition coefficient (Wildman–Crippen LogP) is 3.34. The van der Waals surface area contributed by atoms with E-state index in [-0.39, 0.29) is 24.6 Å². The second kappa shape index (κ2) is 9.06. The van der Waals surface area contributed by atoms with Crippen molar-refractivity contribution in [2.45, 2.75) is 19.0 Å². The lowest BCUT2D eigenvalue weighted by molar-refractivity contribution is -0.161. The molecule has 6 nitrogen and oxygen atoms in total. The van der Waals surface area contributed by atoms with Crippen molar-refractivity contribution in [2.24, 2.45) is 0 Å². The maximum Gasteiger partial charge on any atom is 0.397 e. The minimum atomic E-state index is -4.52. The second-order valence-electron chi connectivity index (χ2n) is 6.93. The van der Waals surface area contributed by atoms with Crippen molar-refractivity contribution >= 4 is 23.6 Å². The quantitative estimate of drug-likeness (QED) is 0.697. The average molecular weight is 418 g/mol. The topological polar surface area (TPSA) is 66.4 Å². The van der Waals surface area contributed by atoms with Crippen LogP contribution in [0, 0.1) is 0 Å². The van der Waals surface area contributed by atoms with E-state index in [4.69, 9.17) is 0 Å². The van der Waals surface area contributed by atoms with E-state index in [2.05, 4.69) is 16.5 Å². The molecule has 0 saturated carbocycles. The van der Waals surface area contributed by atoms with Gasteiger partial charge in [0.05, 0.1) is 0 Å². The van der Waals surface area contributed by atoms with Crippen LogP contribution in [0.25, 0.3) is 6.08 Å². The molecule has 1 aliphatic heterocycles. The molecule has 3 rings (SSSR count). The molecule has 30 heavy (non-hydrogen) atoms. The lowest BCUT2D eigenvalue weighted by Gasteiger charge is -2.23. The van der Waals surface area contributed by atoms with E-state index >= 15 is 0 Å². The van der Waals surface area contributed by atoms with Crippen LogP contribution >= 0.6 is 0 Å². The number of carbonyl (C=O) groups is 2. The Morgan fingerprint density at radius 3 is 2.67 bits per heavy atom. The van der Waals surface area contributed by atoms with Gasteiger partial charge in [-0.2, -0.15) is 13.2 Å². The number of carbonyl (C=O) groups excluding carboxylic acids is 2. The van der Waals surface area contributed by atoms with E-state index in [1.165, 1.54) is 11.1 Å². The maximum atomic E-state index is 12.8. The van der Waals surface area contributed by atoms with Crippen molar-refractivity contribution in [1.29, 1.82) is 0 Å². The summed E-state index contributed by atoms with van der Waals surface area (Å²) in [7, 11) is 0. The van der Waals surface area contributed by atoms with E-state index in [9.17, 15) is 22.8 Å². The van der Waals surface area contributed by atoms with Gasteiger partial charge in [-0.15, -0.1) is 0 Å². The van der Waals surface area contributed by atoms with Crippen molar-refractivity contribution in [2.75, 3.05) is 31.1 Å². The van der Waals surface area contributed by atoms with Crippen LogP contribution < -0.4 is 4.90 Å². The number of anilines is 1. The number of nitrogens with zero attached hydrogens (tertiary/aromatic N) is 4. The van der Waals surface area contributed by atoms with Crippen LogP contribution in [0.3, 0.4) is 0 Å². The molecule has 0 aliphatic carbocycles. The number of alkyl halides is 3. The lowest BCUT2D eigenvalue weighted by Crippen LogP contribution is -2.37. The summed E-state index contributed by atoms with van der Waals surface area (Å²) < 4.78 is 37.5. The number of hydrogen-bond acceptors (Lipinski definition) is 5. The van der Waals surface area contributed by atoms with E-state index in [1.54, 1.807) is 36.5 Å². The number of hydrogen-bond donors (Lipinski definition) is 0. The highest BCUT2D eigenvalue weighted by atomic mass is 19.4. The Hall–Kier alpha value is -3.23. The third kappa shape index (κ3) is 5.43. The van der Waals surface area contributed by atoms with Gasteiger partial charge in [-0.3, -0.25) is 14.6 Å². The largest absolute Gasteiger partial charge is 0.397 e. The Labute approximate surface area is 172 Å². The van der Waals surface area contributed by atoms with Crippen molar-refractivity contribution in [1.82, 2.24) is 14.9 Å². The van der Waals surface area contributed by atoms with Crippen LogP contribution in [0.15, 0.2) is 43.2 Å². The number of halogens is 3.